The van der Waals surface area contributed by atoms with E-state index in [4.69, 9.17) is 0 Å². The highest BCUT2D eigenvalue weighted by Crippen LogP contribution is 2.27. The molecule has 0 spiro atoms. The van der Waals surface area contributed by atoms with E-state index in [0.717, 1.165) is 0 Å². The zero-order valence-corrected chi connectivity index (χ0v) is 8.70. The summed E-state index contributed by atoms with van der Waals surface area (Å²) >= 11 is 0. The summed E-state index contributed by atoms with van der Waals surface area (Å²) in [7, 11) is 0. The Balaban J connectivity index is 4.16. The average molecular weight is 154 g/mol. The van der Waals surface area contributed by atoms with Crippen molar-refractivity contribution in [1.82, 2.24) is 0 Å². The molecule has 0 atom stereocenters. The second-order valence-corrected chi connectivity index (χ2v) is 4.12. The van der Waals surface area contributed by atoms with Gasteiger partial charge in [-0.15, -0.1) is 0 Å². The van der Waals surface area contributed by atoms with Crippen molar-refractivity contribution in [2.45, 2.75) is 53.9 Å². The molecule has 0 amide bonds. The maximum absolute atomic E-state index is 2.40. The highest BCUT2D eigenvalue weighted by molar-refractivity contribution is 5.09. The lowest BCUT2D eigenvalue weighted by Gasteiger charge is -2.22. The fourth-order valence-corrected chi connectivity index (χ4v) is 1.30. The molecule has 0 saturated carbocycles. The van der Waals surface area contributed by atoms with Crippen LogP contribution in [0, 0.1) is 5.41 Å². The van der Waals surface area contributed by atoms with Gasteiger partial charge in [0, 0.05) is 0 Å². The van der Waals surface area contributed by atoms with E-state index < -0.39 is 0 Å². The first-order valence-corrected chi connectivity index (χ1v) is 4.71. The van der Waals surface area contributed by atoms with E-state index in [-0.39, 0.29) is 0 Å². The van der Waals surface area contributed by atoms with E-state index >= 15 is 0 Å². The van der Waals surface area contributed by atoms with E-state index in [1.807, 2.05) is 0 Å². The van der Waals surface area contributed by atoms with Crippen LogP contribution in [0.5, 0.6) is 0 Å². The molecule has 0 aliphatic carbocycles. The van der Waals surface area contributed by atoms with Crippen LogP contribution >= 0.6 is 0 Å². The molecule has 0 nitrogen and oxygen atoms in total. The van der Waals surface area contributed by atoms with Crippen molar-refractivity contribution < 1.29 is 0 Å². The molecule has 0 N–H and O–H groups in total. The molecule has 0 aliphatic heterocycles. The lowest BCUT2D eigenvalue weighted by atomic mass is 9.84. The fourth-order valence-electron chi connectivity index (χ4n) is 1.30. The zero-order valence-electron chi connectivity index (χ0n) is 8.70. The largest absolute Gasteiger partial charge is 0.0848 e. The van der Waals surface area contributed by atoms with Crippen LogP contribution in [0.4, 0.5) is 0 Å². The molecule has 0 fully saturated rings. The summed E-state index contributed by atoms with van der Waals surface area (Å²) in [5, 5.41) is 0. The number of allylic oxidation sites excluding steroid dienone is 2. The van der Waals surface area contributed by atoms with Crippen molar-refractivity contribution in [2.24, 2.45) is 5.41 Å². The third-order valence-electron chi connectivity index (χ3n) is 2.02. The predicted octanol–water partition coefficient (Wildman–Crippen LogP) is 4.17. The van der Waals surface area contributed by atoms with Crippen LogP contribution in [0.3, 0.4) is 0 Å². The van der Waals surface area contributed by atoms with Crippen molar-refractivity contribution in [1.29, 1.82) is 0 Å². The Morgan fingerprint density at radius 2 is 1.73 bits per heavy atom. The summed E-state index contributed by atoms with van der Waals surface area (Å²) in [4.78, 5) is 0. The quantitative estimate of drug-likeness (QED) is 0.535. The molecule has 0 bridgehead atoms. The van der Waals surface area contributed by atoms with Gasteiger partial charge in [0.2, 0.25) is 0 Å². The molecule has 0 heteroatoms. The number of unbranched alkanes of at least 4 members (excludes halogenated alkanes) is 1. The maximum Gasteiger partial charge on any atom is -0.0173 e. The fraction of sp³-hybridized carbons (Fsp3) is 0.818. The first-order chi connectivity index (χ1) is 5.02. The van der Waals surface area contributed by atoms with Gasteiger partial charge in [-0.1, -0.05) is 52.7 Å². The van der Waals surface area contributed by atoms with Gasteiger partial charge in [-0.25, -0.2) is 0 Å². The molecule has 0 aromatic carbocycles. The summed E-state index contributed by atoms with van der Waals surface area (Å²) in [6, 6.07) is 0. The van der Waals surface area contributed by atoms with Crippen LogP contribution in [-0.2, 0) is 0 Å². The second-order valence-electron chi connectivity index (χ2n) is 4.12. The third-order valence-corrected chi connectivity index (χ3v) is 2.02. The van der Waals surface area contributed by atoms with Crippen molar-refractivity contribution in [2.75, 3.05) is 0 Å². The minimum absolute atomic E-state index is 0.379. The van der Waals surface area contributed by atoms with Gasteiger partial charge < -0.3 is 0 Å². The molecule has 0 saturated heterocycles. The van der Waals surface area contributed by atoms with Crippen LogP contribution < -0.4 is 0 Å². The Labute approximate surface area is 71.7 Å². The van der Waals surface area contributed by atoms with E-state index in [0.29, 0.717) is 5.41 Å². The molecular formula is C11H22. The van der Waals surface area contributed by atoms with Gasteiger partial charge in [-0.3, -0.25) is 0 Å². The van der Waals surface area contributed by atoms with Crippen LogP contribution in [0.1, 0.15) is 53.9 Å². The lowest BCUT2D eigenvalue weighted by molar-refractivity contribution is 0.485. The average Bonchev–Trinajstić information content (AvgIpc) is 1.87. The summed E-state index contributed by atoms with van der Waals surface area (Å²) in [6.07, 6.45) is 6.10. The van der Waals surface area contributed by atoms with Gasteiger partial charge >= 0.3 is 0 Å². The van der Waals surface area contributed by atoms with Gasteiger partial charge in [0.15, 0.2) is 0 Å². The molecule has 0 aliphatic rings. The van der Waals surface area contributed by atoms with Crippen molar-refractivity contribution in [3.05, 3.63) is 11.6 Å². The standard InChI is InChI=1S/C11H22/c1-6-8-9-10(7-2)11(3,4)5/h9H,6-8H2,1-5H3. The summed E-state index contributed by atoms with van der Waals surface area (Å²) in [5.41, 5.74) is 1.98. The molecule has 66 valence electrons. The van der Waals surface area contributed by atoms with Gasteiger partial charge in [-0.2, -0.15) is 0 Å². The number of hydrogen-bond acceptors (Lipinski definition) is 0. The monoisotopic (exact) mass is 154 g/mol. The van der Waals surface area contributed by atoms with E-state index in [2.05, 4.69) is 40.7 Å². The van der Waals surface area contributed by atoms with Crippen molar-refractivity contribution >= 4 is 0 Å². The van der Waals surface area contributed by atoms with E-state index in [1.165, 1.54) is 19.3 Å². The maximum atomic E-state index is 2.40. The molecule has 0 radical (unpaired) electrons. The van der Waals surface area contributed by atoms with Crippen LogP contribution in [-0.4, -0.2) is 0 Å². The highest BCUT2D eigenvalue weighted by Gasteiger charge is 2.13. The van der Waals surface area contributed by atoms with Gasteiger partial charge in [0.05, 0.1) is 0 Å². The van der Waals surface area contributed by atoms with E-state index in [9.17, 15) is 0 Å². The van der Waals surface area contributed by atoms with Gasteiger partial charge in [0.1, 0.15) is 0 Å². The molecule has 0 unspecified atom stereocenters. The Bertz CT molecular complexity index is 123. The van der Waals surface area contributed by atoms with Crippen molar-refractivity contribution in [3.63, 3.8) is 0 Å². The van der Waals surface area contributed by atoms with Crippen molar-refractivity contribution in [3.8, 4) is 0 Å². The van der Waals surface area contributed by atoms with Crippen LogP contribution in [0.15, 0.2) is 11.6 Å². The predicted molar refractivity (Wildman–Crippen MR) is 52.7 cm³/mol. The Kier molecular flexibility index (Phi) is 4.48. The molecule has 0 aromatic rings. The molecule has 0 rings (SSSR count). The second kappa shape index (κ2) is 4.58. The molecular weight excluding hydrogens is 132 g/mol. The normalized spacial score (nSPS) is 13.7. The van der Waals surface area contributed by atoms with Gasteiger partial charge in [-0.05, 0) is 18.3 Å². The third kappa shape index (κ3) is 4.23. The minimum Gasteiger partial charge on any atom is -0.0848 e. The molecule has 11 heavy (non-hydrogen) atoms. The number of rotatable bonds is 3. The smallest absolute Gasteiger partial charge is 0.0173 e. The lowest BCUT2D eigenvalue weighted by Crippen LogP contribution is -2.08. The number of hydrogen-bond donors (Lipinski definition) is 0. The van der Waals surface area contributed by atoms with E-state index in [1.54, 1.807) is 5.57 Å². The topological polar surface area (TPSA) is 0 Å². The van der Waals surface area contributed by atoms with Crippen LogP contribution in [0.25, 0.3) is 0 Å². The molecule has 0 aromatic heterocycles. The zero-order chi connectivity index (χ0) is 8.91. The summed E-state index contributed by atoms with van der Waals surface area (Å²) in [6.45, 7) is 11.3. The first-order valence-electron chi connectivity index (χ1n) is 4.71. The summed E-state index contributed by atoms with van der Waals surface area (Å²) < 4.78 is 0. The highest BCUT2D eigenvalue weighted by atomic mass is 14.2. The van der Waals surface area contributed by atoms with Gasteiger partial charge in [0.25, 0.3) is 0 Å². The summed E-state index contributed by atoms with van der Waals surface area (Å²) in [5.74, 6) is 0. The minimum atomic E-state index is 0.379. The Morgan fingerprint density at radius 1 is 1.18 bits per heavy atom. The Hall–Kier alpha value is -0.260. The Morgan fingerprint density at radius 3 is 2.00 bits per heavy atom. The van der Waals surface area contributed by atoms with Crippen LogP contribution in [0.2, 0.25) is 0 Å². The molecule has 0 heterocycles. The SMILES string of the molecule is CCCC=C(CC)C(C)(C)C. The first kappa shape index (κ1) is 10.7.